The van der Waals surface area contributed by atoms with Gasteiger partial charge in [0.15, 0.2) is 5.69 Å². The van der Waals surface area contributed by atoms with Gasteiger partial charge >= 0.3 is 6.18 Å². The number of aromatic amines is 1. The Balaban J connectivity index is 1.98. The summed E-state index contributed by atoms with van der Waals surface area (Å²) in [6.07, 6.45) is -2.89. The van der Waals surface area contributed by atoms with Gasteiger partial charge in [0.05, 0.1) is 10.0 Å². The highest BCUT2D eigenvalue weighted by atomic mass is 35.5. The van der Waals surface area contributed by atoms with Crippen molar-refractivity contribution in [3.63, 3.8) is 0 Å². The van der Waals surface area contributed by atoms with Gasteiger partial charge in [-0.25, -0.2) is 4.98 Å². The molecule has 3 rings (SSSR count). The smallest absolute Gasteiger partial charge is 0.361 e. The van der Waals surface area contributed by atoms with Crippen molar-refractivity contribution in [3.05, 3.63) is 52.3 Å². The van der Waals surface area contributed by atoms with Crippen molar-refractivity contribution in [2.45, 2.75) is 6.18 Å². The minimum atomic E-state index is -4.62. The van der Waals surface area contributed by atoms with Crippen LogP contribution >= 0.6 is 23.2 Å². The topological polar surface area (TPSA) is 40.7 Å². The number of fused-ring (bicyclic) bond motifs is 1. The number of nitrogens with zero attached hydrogens (tertiary/aromatic N) is 1. The molecule has 1 aromatic carbocycles. The molecule has 0 fully saturated rings. The van der Waals surface area contributed by atoms with E-state index in [1.54, 1.807) is 18.3 Å². The number of nitrogens with one attached hydrogen (secondary N) is 2. The number of aromatic nitrogens is 2. The molecule has 0 radical (unpaired) electrons. The molecule has 3 aromatic rings. The van der Waals surface area contributed by atoms with Gasteiger partial charge in [-0.15, -0.1) is 0 Å². The molecule has 0 atom stereocenters. The molecule has 0 aliphatic carbocycles. The lowest BCUT2D eigenvalue weighted by molar-refractivity contribution is -0.140. The van der Waals surface area contributed by atoms with Crippen molar-refractivity contribution >= 4 is 45.6 Å². The molecule has 0 saturated heterocycles. The summed E-state index contributed by atoms with van der Waals surface area (Å²) in [6.45, 7) is 0. The van der Waals surface area contributed by atoms with E-state index >= 15 is 0 Å². The van der Waals surface area contributed by atoms with Gasteiger partial charge in [-0.1, -0.05) is 23.2 Å². The molecule has 0 amide bonds. The van der Waals surface area contributed by atoms with Crippen LogP contribution < -0.4 is 5.32 Å². The fraction of sp³-hybridized carbons (Fsp3) is 0.0714. The number of halogens is 5. The standard InChI is InChI=1S/C14H8Cl2F3N3/c15-9-1-2-12(22-13(9)14(17,18)19)21-7-5-10(16)8-3-4-20-11(8)6-7/h1-6,20H,(H,21,22). The second-order valence-corrected chi connectivity index (χ2v) is 5.36. The molecule has 114 valence electrons. The average molecular weight is 346 g/mol. The lowest BCUT2D eigenvalue weighted by Crippen LogP contribution is -2.10. The monoisotopic (exact) mass is 345 g/mol. The lowest BCUT2D eigenvalue weighted by atomic mass is 10.2. The average Bonchev–Trinajstić information content (AvgIpc) is 2.88. The van der Waals surface area contributed by atoms with E-state index in [4.69, 9.17) is 23.2 Å². The highest BCUT2D eigenvalue weighted by molar-refractivity contribution is 6.35. The number of hydrogen-bond donors (Lipinski definition) is 2. The minimum absolute atomic E-state index is 0.0266. The molecule has 3 nitrogen and oxygen atoms in total. The van der Waals surface area contributed by atoms with Crippen LogP contribution in [0.25, 0.3) is 10.9 Å². The van der Waals surface area contributed by atoms with E-state index < -0.39 is 16.9 Å². The predicted molar refractivity (Wildman–Crippen MR) is 80.8 cm³/mol. The highest BCUT2D eigenvalue weighted by Crippen LogP contribution is 2.35. The van der Waals surface area contributed by atoms with Crippen molar-refractivity contribution in [1.29, 1.82) is 0 Å². The van der Waals surface area contributed by atoms with Gasteiger partial charge < -0.3 is 10.3 Å². The number of pyridine rings is 1. The molecule has 2 heterocycles. The first-order valence-corrected chi connectivity index (χ1v) is 6.87. The molecule has 0 spiro atoms. The van der Waals surface area contributed by atoms with E-state index in [1.807, 2.05) is 6.07 Å². The summed E-state index contributed by atoms with van der Waals surface area (Å²) in [7, 11) is 0. The zero-order valence-electron chi connectivity index (χ0n) is 10.8. The fourth-order valence-corrected chi connectivity index (χ4v) is 2.55. The molecule has 8 heteroatoms. The summed E-state index contributed by atoms with van der Waals surface area (Å²) in [5.41, 5.74) is 0.147. The largest absolute Gasteiger partial charge is 0.434 e. The Morgan fingerprint density at radius 3 is 2.55 bits per heavy atom. The van der Waals surface area contributed by atoms with Crippen LogP contribution in [0.4, 0.5) is 24.7 Å². The Labute approximate surface area is 133 Å². The number of benzene rings is 1. The quantitative estimate of drug-likeness (QED) is 0.631. The molecular weight excluding hydrogens is 338 g/mol. The van der Waals surface area contributed by atoms with Crippen molar-refractivity contribution < 1.29 is 13.2 Å². The molecule has 22 heavy (non-hydrogen) atoms. The second-order valence-electron chi connectivity index (χ2n) is 4.55. The Hall–Kier alpha value is -1.92. The summed E-state index contributed by atoms with van der Waals surface area (Å²) in [5.74, 6) is 0.0266. The van der Waals surface area contributed by atoms with Crippen LogP contribution in [0, 0.1) is 0 Å². The van der Waals surface area contributed by atoms with E-state index in [-0.39, 0.29) is 5.82 Å². The number of rotatable bonds is 2. The van der Waals surface area contributed by atoms with Crippen LogP contribution in [-0.4, -0.2) is 9.97 Å². The molecule has 2 N–H and O–H groups in total. The summed E-state index contributed by atoms with van der Waals surface area (Å²) >= 11 is 11.7. The molecule has 0 saturated carbocycles. The third-order valence-electron chi connectivity index (χ3n) is 3.01. The number of H-pyrrole nitrogens is 1. The minimum Gasteiger partial charge on any atom is -0.361 e. The van der Waals surface area contributed by atoms with Crippen LogP contribution in [0.2, 0.25) is 10.0 Å². The Bertz CT molecular complexity index is 843. The number of anilines is 2. The van der Waals surface area contributed by atoms with Gasteiger partial charge in [0.2, 0.25) is 0 Å². The maximum atomic E-state index is 12.8. The molecule has 2 aromatic heterocycles. The van der Waals surface area contributed by atoms with Gasteiger partial charge in [-0.2, -0.15) is 13.2 Å². The zero-order chi connectivity index (χ0) is 15.9. The predicted octanol–water partition coefficient (Wildman–Crippen LogP) is 5.63. The fourth-order valence-electron chi connectivity index (χ4n) is 2.05. The van der Waals surface area contributed by atoms with E-state index in [1.165, 1.54) is 6.07 Å². The third-order valence-corrected chi connectivity index (χ3v) is 3.62. The maximum absolute atomic E-state index is 12.8. The zero-order valence-corrected chi connectivity index (χ0v) is 12.3. The first-order chi connectivity index (χ1) is 10.3. The maximum Gasteiger partial charge on any atom is 0.434 e. The number of alkyl halides is 3. The Morgan fingerprint density at radius 1 is 1.05 bits per heavy atom. The Kier molecular flexibility index (Phi) is 3.66. The van der Waals surface area contributed by atoms with E-state index in [0.29, 0.717) is 10.7 Å². The Morgan fingerprint density at radius 2 is 1.82 bits per heavy atom. The molecule has 0 bridgehead atoms. The van der Waals surface area contributed by atoms with Gasteiger partial charge in [0, 0.05) is 22.8 Å². The summed E-state index contributed by atoms with van der Waals surface area (Å²) in [4.78, 5) is 6.50. The second kappa shape index (κ2) is 5.37. The van der Waals surface area contributed by atoms with Crippen molar-refractivity contribution in [1.82, 2.24) is 9.97 Å². The van der Waals surface area contributed by atoms with Crippen molar-refractivity contribution in [3.8, 4) is 0 Å². The van der Waals surface area contributed by atoms with E-state index in [2.05, 4.69) is 15.3 Å². The van der Waals surface area contributed by atoms with Crippen LogP contribution in [0.5, 0.6) is 0 Å². The number of hydrogen-bond acceptors (Lipinski definition) is 2. The summed E-state index contributed by atoms with van der Waals surface area (Å²) < 4.78 is 38.4. The lowest BCUT2D eigenvalue weighted by Gasteiger charge is -2.11. The molecule has 0 aliphatic rings. The third kappa shape index (κ3) is 2.84. The van der Waals surface area contributed by atoms with Crippen LogP contribution in [-0.2, 0) is 6.18 Å². The van der Waals surface area contributed by atoms with E-state index in [0.717, 1.165) is 17.0 Å². The molecular formula is C14H8Cl2F3N3. The van der Waals surface area contributed by atoms with Gasteiger partial charge in [-0.05, 0) is 30.3 Å². The SMILES string of the molecule is FC(F)(F)c1nc(Nc2cc(Cl)c3cc[nH]c3c2)ccc1Cl. The van der Waals surface area contributed by atoms with Crippen molar-refractivity contribution in [2.75, 3.05) is 5.32 Å². The first-order valence-electron chi connectivity index (χ1n) is 6.12. The first kappa shape index (κ1) is 15.0. The summed E-state index contributed by atoms with van der Waals surface area (Å²) in [6, 6.07) is 7.66. The van der Waals surface area contributed by atoms with Crippen LogP contribution in [0.15, 0.2) is 36.5 Å². The van der Waals surface area contributed by atoms with Crippen LogP contribution in [0.1, 0.15) is 5.69 Å². The molecule has 0 unspecified atom stereocenters. The van der Waals surface area contributed by atoms with Gasteiger partial charge in [-0.3, -0.25) is 0 Å². The normalized spacial score (nSPS) is 11.9. The molecule has 0 aliphatic heterocycles. The van der Waals surface area contributed by atoms with Gasteiger partial charge in [0.25, 0.3) is 0 Å². The summed E-state index contributed by atoms with van der Waals surface area (Å²) in [5, 5.41) is 3.65. The van der Waals surface area contributed by atoms with Crippen molar-refractivity contribution in [2.24, 2.45) is 0 Å². The highest BCUT2D eigenvalue weighted by Gasteiger charge is 2.35. The van der Waals surface area contributed by atoms with E-state index in [9.17, 15) is 13.2 Å². The van der Waals surface area contributed by atoms with Gasteiger partial charge in [0.1, 0.15) is 5.82 Å². The van der Waals surface area contributed by atoms with Crippen LogP contribution in [0.3, 0.4) is 0 Å².